The second kappa shape index (κ2) is 3.53. The first-order valence-electron chi connectivity index (χ1n) is 4.43. The van der Waals surface area contributed by atoms with E-state index in [1.54, 1.807) is 12.1 Å². The third-order valence-electron chi connectivity index (χ3n) is 2.18. The number of rotatable bonds is 1. The average molecular weight is 203 g/mol. The number of carbonyl (C=O) groups is 2. The van der Waals surface area contributed by atoms with Crippen LogP contribution in [0.15, 0.2) is 29.4 Å². The van der Waals surface area contributed by atoms with Crippen LogP contribution < -0.4 is 11.2 Å². The van der Waals surface area contributed by atoms with Crippen molar-refractivity contribution in [2.24, 2.45) is 10.8 Å². The van der Waals surface area contributed by atoms with E-state index in [4.69, 9.17) is 5.73 Å². The van der Waals surface area contributed by atoms with E-state index < -0.39 is 6.03 Å². The summed E-state index contributed by atoms with van der Waals surface area (Å²) in [5, 5.41) is 3.66. The van der Waals surface area contributed by atoms with Gasteiger partial charge < -0.3 is 5.73 Å². The molecule has 1 aliphatic carbocycles. The summed E-state index contributed by atoms with van der Waals surface area (Å²) in [7, 11) is 0. The molecule has 0 bridgehead atoms. The van der Waals surface area contributed by atoms with E-state index in [9.17, 15) is 9.59 Å². The Labute approximate surface area is 86.0 Å². The van der Waals surface area contributed by atoms with Crippen molar-refractivity contribution in [3.8, 4) is 0 Å². The molecule has 0 saturated carbocycles. The zero-order chi connectivity index (χ0) is 10.8. The van der Waals surface area contributed by atoms with E-state index in [-0.39, 0.29) is 5.78 Å². The molecule has 0 atom stereocenters. The van der Waals surface area contributed by atoms with Crippen LogP contribution in [0.4, 0.5) is 4.79 Å². The highest BCUT2D eigenvalue weighted by atomic mass is 16.2. The quantitative estimate of drug-likeness (QED) is 0.649. The smallest absolute Gasteiger partial charge is 0.332 e. The number of benzene rings is 1. The predicted molar refractivity (Wildman–Crippen MR) is 54.6 cm³/mol. The van der Waals surface area contributed by atoms with E-state index in [1.807, 2.05) is 12.1 Å². The molecule has 0 spiro atoms. The molecule has 5 heteroatoms. The molecule has 1 aliphatic rings. The fourth-order valence-corrected chi connectivity index (χ4v) is 1.52. The van der Waals surface area contributed by atoms with Crippen molar-refractivity contribution >= 4 is 17.5 Å². The number of hydrogen-bond donors (Lipinski definition) is 2. The second-order valence-electron chi connectivity index (χ2n) is 3.20. The van der Waals surface area contributed by atoms with Crippen LogP contribution >= 0.6 is 0 Å². The highest BCUT2D eigenvalue weighted by Gasteiger charge is 2.25. The largest absolute Gasteiger partial charge is 0.350 e. The Morgan fingerprint density at radius 2 is 2.13 bits per heavy atom. The first-order chi connectivity index (χ1) is 7.18. The van der Waals surface area contributed by atoms with Crippen molar-refractivity contribution in [2.45, 2.75) is 6.42 Å². The maximum Gasteiger partial charge on any atom is 0.332 e. The van der Waals surface area contributed by atoms with Crippen molar-refractivity contribution < 1.29 is 9.59 Å². The SMILES string of the molecule is NC(=O)NN=C1Cc2ccccc2C1=O. The van der Waals surface area contributed by atoms with Gasteiger partial charge in [-0.3, -0.25) is 4.79 Å². The van der Waals surface area contributed by atoms with Crippen LogP contribution in [-0.2, 0) is 6.42 Å². The Morgan fingerprint density at radius 1 is 1.40 bits per heavy atom. The Kier molecular flexibility index (Phi) is 2.21. The molecule has 76 valence electrons. The van der Waals surface area contributed by atoms with Gasteiger partial charge in [-0.25, -0.2) is 10.2 Å². The normalized spacial score (nSPS) is 16.5. The van der Waals surface area contributed by atoms with Crippen LogP contribution in [0.25, 0.3) is 0 Å². The van der Waals surface area contributed by atoms with Gasteiger partial charge in [0.05, 0.1) is 0 Å². The number of carbonyl (C=O) groups excluding carboxylic acids is 2. The number of Topliss-reactive ketones (excluding diaryl/α,β-unsaturated/α-hetero) is 1. The number of hydrazone groups is 1. The molecular weight excluding hydrogens is 194 g/mol. The molecule has 15 heavy (non-hydrogen) atoms. The van der Waals surface area contributed by atoms with Gasteiger partial charge in [-0.05, 0) is 5.56 Å². The summed E-state index contributed by atoms with van der Waals surface area (Å²) < 4.78 is 0. The Hall–Kier alpha value is -2.17. The number of hydrogen-bond acceptors (Lipinski definition) is 3. The monoisotopic (exact) mass is 203 g/mol. The average Bonchev–Trinajstić information content (AvgIpc) is 2.54. The summed E-state index contributed by atoms with van der Waals surface area (Å²) in [4.78, 5) is 22.1. The maximum atomic E-state index is 11.7. The minimum atomic E-state index is -0.772. The molecular formula is C10H9N3O2. The maximum absolute atomic E-state index is 11.7. The molecule has 2 rings (SSSR count). The summed E-state index contributed by atoms with van der Waals surface area (Å²) in [6.45, 7) is 0. The van der Waals surface area contributed by atoms with Gasteiger partial charge in [0.2, 0.25) is 5.78 Å². The van der Waals surface area contributed by atoms with E-state index in [0.717, 1.165) is 5.56 Å². The third kappa shape index (κ3) is 1.71. The zero-order valence-electron chi connectivity index (χ0n) is 7.86. The predicted octanol–water partition coefficient (Wildman–Crippen LogP) is 0.450. The van der Waals surface area contributed by atoms with E-state index in [1.165, 1.54) is 0 Å². The number of nitrogens with one attached hydrogen (secondary N) is 1. The summed E-state index contributed by atoms with van der Waals surface area (Å²) in [5.74, 6) is -0.153. The van der Waals surface area contributed by atoms with Gasteiger partial charge >= 0.3 is 6.03 Å². The van der Waals surface area contributed by atoms with E-state index in [2.05, 4.69) is 10.5 Å². The minimum absolute atomic E-state index is 0.153. The van der Waals surface area contributed by atoms with Crippen LogP contribution in [0.2, 0.25) is 0 Å². The molecule has 2 amide bonds. The summed E-state index contributed by atoms with van der Waals surface area (Å²) in [6.07, 6.45) is 0.440. The van der Waals surface area contributed by atoms with Gasteiger partial charge in [-0.2, -0.15) is 5.10 Å². The lowest BCUT2D eigenvalue weighted by Gasteiger charge is -1.94. The van der Waals surface area contributed by atoms with Crippen molar-refractivity contribution in [2.75, 3.05) is 0 Å². The number of fused-ring (bicyclic) bond motifs is 1. The lowest BCUT2D eigenvalue weighted by atomic mass is 10.1. The number of amides is 2. The lowest BCUT2D eigenvalue weighted by Crippen LogP contribution is -2.27. The third-order valence-corrected chi connectivity index (χ3v) is 2.18. The molecule has 5 nitrogen and oxygen atoms in total. The molecule has 0 heterocycles. The van der Waals surface area contributed by atoms with Crippen LogP contribution in [0, 0.1) is 0 Å². The van der Waals surface area contributed by atoms with Gasteiger partial charge in [0.15, 0.2) is 0 Å². The molecule has 0 fully saturated rings. The molecule has 0 saturated heterocycles. The van der Waals surface area contributed by atoms with Crippen molar-refractivity contribution in [1.29, 1.82) is 0 Å². The summed E-state index contributed by atoms with van der Waals surface area (Å²) >= 11 is 0. The van der Waals surface area contributed by atoms with Crippen LogP contribution in [0.3, 0.4) is 0 Å². The highest BCUT2D eigenvalue weighted by molar-refractivity contribution is 6.49. The van der Waals surface area contributed by atoms with Gasteiger partial charge in [0, 0.05) is 12.0 Å². The van der Waals surface area contributed by atoms with Crippen molar-refractivity contribution in [3.05, 3.63) is 35.4 Å². The minimum Gasteiger partial charge on any atom is -0.350 e. The van der Waals surface area contributed by atoms with Crippen molar-refractivity contribution in [3.63, 3.8) is 0 Å². The Balaban J connectivity index is 2.27. The molecule has 3 N–H and O–H groups in total. The Morgan fingerprint density at radius 3 is 2.80 bits per heavy atom. The number of urea groups is 1. The molecule has 0 aromatic heterocycles. The molecule has 1 aromatic carbocycles. The first-order valence-corrected chi connectivity index (χ1v) is 4.43. The number of nitrogens with two attached hydrogens (primary N) is 1. The molecule has 0 radical (unpaired) electrons. The molecule has 0 unspecified atom stereocenters. The first kappa shape index (κ1) is 9.39. The van der Waals surface area contributed by atoms with Crippen molar-refractivity contribution in [1.82, 2.24) is 5.43 Å². The van der Waals surface area contributed by atoms with E-state index >= 15 is 0 Å². The highest BCUT2D eigenvalue weighted by Crippen LogP contribution is 2.19. The fourth-order valence-electron chi connectivity index (χ4n) is 1.52. The lowest BCUT2D eigenvalue weighted by molar-refractivity contribution is 0.106. The molecule has 0 aliphatic heterocycles. The van der Waals surface area contributed by atoms with Gasteiger partial charge in [0.25, 0.3) is 0 Å². The standard InChI is InChI=1S/C10H9N3O2/c11-10(15)13-12-8-5-6-3-1-2-4-7(6)9(8)14/h1-4H,5H2,(H3,11,13,15). The summed E-state index contributed by atoms with van der Waals surface area (Å²) in [6, 6.07) is 6.48. The van der Waals surface area contributed by atoms with Crippen LogP contribution in [-0.4, -0.2) is 17.5 Å². The van der Waals surface area contributed by atoms with Crippen LogP contribution in [0.5, 0.6) is 0 Å². The number of primary amides is 1. The second-order valence-corrected chi connectivity index (χ2v) is 3.20. The fraction of sp³-hybridized carbons (Fsp3) is 0.100. The zero-order valence-corrected chi connectivity index (χ0v) is 7.86. The van der Waals surface area contributed by atoms with Gasteiger partial charge in [-0.1, -0.05) is 24.3 Å². The Bertz CT molecular complexity index is 465. The summed E-state index contributed by atoms with van der Waals surface area (Å²) in [5.41, 5.74) is 8.79. The molecule has 1 aromatic rings. The van der Waals surface area contributed by atoms with Gasteiger partial charge in [-0.15, -0.1) is 0 Å². The van der Waals surface area contributed by atoms with E-state index in [0.29, 0.717) is 17.7 Å². The van der Waals surface area contributed by atoms with Gasteiger partial charge in [0.1, 0.15) is 5.71 Å². The van der Waals surface area contributed by atoms with Crippen LogP contribution in [0.1, 0.15) is 15.9 Å². The number of nitrogens with zero attached hydrogens (tertiary/aromatic N) is 1. The topological polar surface area (TPSA) is 84.6 Å². The number of ketones is 1.